The first-order chi connectivity index (χ1) is 9.86. The van der Waals surface area contributed by atoms with Crippen LogP contribution in [0.1, 0.15) is 18.7 Å². The van der Waals surface area contributed by atoms with E-state index in [0.717, 1.165) is 16.8 Å². The number of aryl methyl sites for hydroxylation is 1. The van der Waals surface area contributed by atoms with Crippen molar-refractivity contribution in [2.45, 2.75) is 19.9 Å². The molecule has 0 aliphatic heterocycles. The Morgan fingerprint density at radius 2 is 1.86 bits per heavy atom. The van der Waals surface area contributed by atoms with Crippen molar-refractivity contribution in [1.82, 2.24) is 9.78 Å². The summed E-state index contributed by atoms with van der Waals surface area (Å²) in [5, 5.41) is 6.32. The molecule has 110 valence electrons. The van der Waals surface area contributed by atoms with Gasteiger partial charge in [-0.3, -0.25) is 9.59 Å². The van der Waals surface area contributed by atoms with Crippen LogP contribution in [0, 0.1) is 18.6 Å². The van der Waals surface area contributed by atoms with Gasteiger partial charge in [0.05, 0.1) is 5.69 Å². The van der Waals surface area contributed by atoms with E-state index in [1.807, 2.05) is 0 Å². The molecule has 1 N–H and O–H groups in total. The van der Waals surface area contributed by atoms with Crippen LogP contribution < -0.4 is 10.9 Å². The Balaban J connectivity index is 2.23. The van der Waals surface area contributed by atoms with Crippen molar-refractivity contribution in [3.63, 3.8) is 0 Å². The molecule has 0 saturated carbocycles. The van der Waals surface area contributed by atoms with E-state index in [-0.39, 0.29) is 5.69 Å². The molecule has 0 bridgehead atoms. The maximum absolute atomic E-state index is 13.1. The van der Waals surface area contributed by atoms with Gasteiger partial charge in [0.1, 0.15) is 17.7 Å². The molecule has 0 spiro atoms. The van der Waals surface area contributed by atoms with Crippen LogP contribution in [0.25, 0.3) is 0 Å². The fourth-order valence-corrected chi connectivity index (χ4v) is 1.78. The SMILES string of the molecule is Cc1ccc(=O)n([C@H](C)C(=O)Nc2cc(F)cc(F)c2)n1. The van der Waals surface area contributed by atoms with Crippen LogP contribution in [0.15, 0.2) is 35.1 Å². The lowest BCUT2D eigenvalue weighted by molar-refractivity contribution is -0.119. The Kier molecular flexibility index (Phi) is 4.11. The zero-order chi connectivity index (χ0) is 15.6. The van der Waals surface area contributed by atoms with Gasteiger partial charge in [0.15, 0.2) is 0 Å². The molecular formula is C14H13F2N3O2. The van der Waals surface area contributed by atoms with E-state index in [1.165, 1.54) is 19.1 Å². The highest BCUT2D eigenvalue weighted by Crippen LogP contribution is 2.14. The molecule has 1 heterocycles. The summed E-state index contributed by atoms with van der Waals surface area (Å²) in [5.74, 6) is -2.20. The van der Waals surface area contributed by atoms with E-state index in [4.69, 9.17) is 0 Å². The van der Waals surface area contributed by atoms with Gasteiger partial charge in [0.25, 0.3) is 5.56 Å². The maximum atomic E-state index is 13.1. The van der Waals surface area contributed by atoms with Gasteiger partial charge in [0, 0.05) is 17.8 Å². The van der Waals surface area contributed by atoms with E-state index in [1.54, 1.807) is 6.92 Å². The third-order valence-corrected chi connectivity index (χ3v) is 2.83. The molecule has 0 fully saturated rings. The molecule has 5 nitrogen and oxygen atoms in total. The van der Waals surface area contributed by atoms with Gasteiger partial charge in [-0.15, -0.1) is 0 Å². The van der Waals surface area contributed by atoms with Gasteiger partial charge in [-0.2, -0.15) is 5.10 Å². The molecule has 0 aliphatic rings. The number of aromatic nitrogens is 2. The van der Waals surface area contributed by atoms with Crippen molar-refractivity contribution in [3.8, 4) is 0 Å². The zero-order valence-corrected chi connectivity index (χ0v) is 11.4. The van der Waals surface area contributed by atoms with Crippen molar-refractivity contribution in [2.24, 2.45) is 0 Å². The number of nitrogens with one attached hydrogen (secondary N) is 1. The standard InChI is InChI=1S/C14H13F2N3O2/c1-8-3-4-13(20)19(18-8)9(2)14(21)17-12-6-10(15)5-11(16)7-12/h3-7,9H,1-2H3,(H,17,21)/t9-/m1/s1. The summed E-state index contributed by atoms with van der Waals surface area (Å²) in [6.45, 7) is 3.15. The van der Waals surface area contributed by atoms with Crippen LogP contribution >= 0.6 is 0 Å². The predicted molar refractivity (Wildman–Crippen MR) is 72.9 cm³/mol. The van der Waals surface area contributed by atoms with Crippen molar-refractivity contribution in [1.29, 1.82) is 0 Å². The minimum absolute atomic E-state index is 0.0231. The smallest absolute Gasteiger partial charge is 0.267 e. The van der Waals surface area contributed by atoms with Gasteiger partial charge in [-0.05, 0) is 32.0 Å². The first kappa shape index (κ1) is 14.8. The van der Waals surface area contributed by atoms with E-state index in [2.05, 4.69) is 10.4 Å². The van der Waals surface area contributed by atoms with Gasteiger partial charge >= 0.3 is 0 Å². The van der Waals surface area contributed by atoms with Crippen molar-refractivity contribution < 1.29 is 13.6 Å². The summed E-state index contributed by atoms with van der Waals surface area (Å²) in [6.07, 6.45) is 0. The Hall–Kier alpha value is -2.57. The van der Waals surface area contributed by atoms with Crippen LogP contribution in [-0.4, -0.2) is 15.7 Å². The average Bonchev–Trinajstić information content (AvgIpc) is 2.39. The quantitative estimate of drug-likeness (QED) is 0.941. The number of carbonyl (C=O) groups is 1. The van der Waals surface area contributed by atoms with Crippen LogP contribution in [0.4, 0.5) is 14.5 Å². The average molecular weight is 293 g/mol. The Labute approximate surface area is 119 Å². The zero-order valence-electron chi connectivity index (χ0n) is 11.4. The van der Waals surface area contributed by atoms with Gasteiger partial charge in [0.2, 0.25) is 5.91 Å². The Morgan fingerprint density at radius 3 is 2.48 bits per heavy atom. The molecule has 0 radical (unpaired) electrons. The summed E-state index contributed by atoms with van der Waals surface area (Å²) >= 11 is 0. The number of benzene rings is 1. The molecule has 2 rings (SSSR count). The lowest BCUT2D eigenvalue weighted by Crippen LogP contribution is -2.33. The molecule has 1 aromatic carbocycles. The fraction of sp³-hybridized carbons (Fsp3) is 0.214. The van der Waals surface area contributed by atoms with Crippen molar-refractivity contribution >= 4 is 11.6 Å². The third kappa shape index (κ3) is 3.50. The summed E-state index contributed by atoms with van der Waals surface area (Å²) in [7, 11) is 0. The van der Waals surface area contributed by atoms with Crippen LogP contribution in [0.3, 0.4) is 0 Å². The first-order valence-electron chi connectivity index (χ1n) is 6.20. The maximum Gasteiger partial charge on any atom is 0.267 e. The Morgan fingerprint density at radius 1 is 1.24 bits per heavy atom. The molecule has 1 amide bonds. The predicted octanol–water partition coefficient (Wildman–Crippen LogP) is 2.03. The second kappa shape index (κ2) is 5.82. The normalized spacial score (nSPS) is 12.0. The number of carbonyl (C=O) groups excluding carboxylic acids is 1. The monoisotopic (exact) mass is 293 g/mol. The fourth-order valence-electron chi connectivity index (χ4n) is 1.78. The number of amides is 1. The molecule has 1 aromatic heterocycles. The lowest BCUT2D eigenvalue weighted by Gasteiger charge is -2.14. The largest absolute Gasteiger partial charge is 0.324 e. The van der Waals surface area contributed by atoms with Crippen molar-refractivity contribution in [2.75, 3.05) is 5.32 Å². The molecule has 0 unspecified atom stereocenters. The molecule has 2 aromatic rings. The molecule has 7 heteroatoms. The second-order valence-corrected chi connectivity index (χ2v) is 4.58. The number of hydrogen-bond donors (Lipinski definition) is 1. The number of nitrogens with zero attached hydrogens (tertiary/aromatic N) is 2. The first-order valence-corrected chi connectivity index (χ1v) is 6.20. The molecule has 0 aliphatic carbocycles. The molecule has 0 saturated heterocycles. The van der Waals surface area contributed by atoms with Gasteiger partial charge < -0.3 is 5.32 Å². The van der Waals surface area contributed by atoms with Gasteiger partial charge in [-0.1, -0.05) is 0 Å². The van der Waals surface area contributed by atoms with Crippen LogP contribution in [0.2, 0.25) is 0 Å². The molecule has 21 heavy (non-hydrogen) atoms. The topological polar surface area (TPSA) is 64.0 Å². The summed E-state index contributed by atoms with van der Waals surface area (Å²) in [5.41, 5.74) is 0.116. The molecule has 1 atom stereocenters. The minimum Gasteiger partial charge on any atom is -0.324 e. The van der Waals surface area contributed by atoms with E-state index < -0.39 is 29.1 Å². The van der Waals surface area contributed by atoms with Gasteiger partial charge in [-0.25, -0.2) is 13.5 Å². The number of hydrogen-bond acceptors (Lipinski definition) is 3. The third-order valence-electron chi connectivity index (χ3n) is 2.83. The lowest BCUT2D eigenvalue weighted by atomic mass is 10.2. The highest BCUT2D eigenvalue weighted by atomic mass is 19.1. The van der Waals surface area contributed by atoms with Crippen LogP contribution in [0.5, 0.6) is 0 Å². The van der Waals surface area contributed by atoms with E-state index in [9.17, 15) is 18.4 Å². The highest BCUT2D eigenvalue weighted by molar-refractivity contribution is 5.93. The Bertz CT molecular complexity index is 723. The second-order valence-electron chi connectivity index (χ2n) is 4.58. The number of halogens is 2. The number of rotatable bonds is 3. The van der Waals surface area contributed by atoms with Crippen molar-refractivity contribution in [3.05, 3.63) is 58.0 Å². The van der Waals surface area contributed by atoms with E-state index in [0.29, 0.717) is 11.8 Å². The highest BCUT2D eigenvalue weighted by Gasteiger charge is 2.18. The van der Waals surface area contributed by atoms with Crippen LogP contribution in [-0.2, 0) is 4.79 Å². The van der Waals surface area contributed by atoms with E-state index >= 15 is 0 Å². The molecular weight excluding hydrogens is 280 g/mol. The summed E-state index contributed by atoms with van der Waals surface area (Å²) < 4.78 is 27.1. The minimum atomic E-state index is -0.913. The summed E-state index contributed by atoms with van der Waals surface area (Å²) in [6, 6.07) is 4.59. The summed E-state index contributed by atoms with van der Waals surface area (Å²) in [4.78, 5) is 23.7. The number of anilines is 1.